The van der Waals surface area contributed by atoms with Crippen LogP contribution in [-0.2, 0) is 4.79 Å². The Kier molecular flexibility index (Phi) is 6.28. The van der Waals surface area contributed by atoms with Gasteiger partial charge in [-0.1, -0.05) is 13.8 Å². The topological polar surface area (TPSA) is 84.7 Å². The molecule has 0 aromatic carbocycles. The van der Waals surface area contributed by atoms with Crippen molar-refractivity contribution in [3.05, 3.63) is 30.2 Å². The molecule has 24 heavy (non-hydrogen) atoms. The molecule has 0 saturated carbocycles. The van der Waals surface area contributed by atoms with E-state index in [4.69, 9.17) is 0 Å². The van der Waals surface area contributed by atoms with Crippen molar-refractivity contribution in [1.29, 1.82) is 0 Å². The van der Waals surface area contributed by atoms with Gasteiger partial charge in [0.05, 0.1) is 5.69 Å². The fourth-order valence-corrected chi connectivity index (χ4v) is 2.64. The third-order valence-electron chi connectivity index (χ3n) is 4.02. The lowest BCUT2D eigenvalue weighted by Gasteiger charge is -2.21. The van der Waals surface area contributed by atoms with E-state index in [1.165, 1.54) is 0 Å². The second-order valence-corrected chi connectivity index (χ2v) is 6.08. The second kappa shape index (κ2) is 8.21. The highest BCUT2D eigenvalue weighted by Gasteiger charge is 2.23. The molecule has 0 atom stereocenters. The van der Waals surface area contributed by atoms with Gasteiger partial charge in [-0.3, -0.25) is 4.79 Å². The number of anilines is 1. The molecule has 0 radical (unpaired) electrons. The maximum absolute atomic E-state index is 12.5. The summed E-state index contributed by atoms with van der Waals surface area (Å²) in [6.45, 7) is 5.90. The molecule has 1 fully saturated rings. The fraction of sp³-hybridized carbons (Fsp3) is 0.500. The van der Waals surface area contributed by atoms with Crippen LogP contribution in [0.25, 0.3) is 5.95 Å². The van der Waals surface area contributed by atoms with E-state index in [-0.39, 0.29) is 30.2 Å². The van der Waals surface area contributed by atoms with Crippen molar-refractivity contribution in [2.75, 3.05) is 18.4 Å². The number of aromatic nitrogens is 4. The van der Waals surface area contributed by atoms with E-state index in [1.54, 1.807) is 23.1 Å². The maximum atomic E-state index is 12.5. The van der Waals surface area contributed by atoms with Crippen LogP contribution in [0.4, 0.5) is 5.82 Å². The van der Waals surface area contributed by atoms with Gasteiger partial charge in [0.2, 0.25) is 5.91 Å². The van der Waals surface area contributed by atoms with Gasteiger partial charge in [-0.25, -0.2) is 9.97 Å². The average molecular weight is 351 g/mol. The molecule has 8 heteroatoms. The fourth-order valence-electron chi connectivity index (χ4n) is 2.64. The third-order valence-corrected chi connectivity index (χ3v) is 4.02. The smallest absolute Gasteiger partial charge is 0.252 e. The molecule has 2 aromatic rings. The van der Waals surface area contributed by atoms with Crippen LogP contribution in [0.1, 0.15) is 38.3 Å². The van der Waals surface area contributed by atoms with Crippen LogP contribution in [0.2, 0.25) is 0 Å². The number of halogens is 1. The van der Waals surface area contributed by atoms with Gasteiger partial charge >= 0.3 is 0 Å². The van der Waals surface area contributed by atoms with E-state index >= 15 is 0 Å². The molecule has 3 rings (SSSR count). The summed E-state index contributed by atoms with van der Waals surface area (Å²) >= 11 is 0. The molecule has 0 bridgehead atoms. The van der Waals surface area contributed by atoms with Gasteiger partial charge in [0, 0.05) is 24.4 Å². The zero-order chi connectivity index (χ0) is 16.2. The van der Waals surface area contributed by atoms with E-state index in [9.17, 15) is 4.79 Å². The van der Waals surface area contributed by atoms with Crippen LogP contribution in [0.5, 0.6) is 0 Å². The van der Waals surface area contributed by atoms with E-state index in [2.05, 4.69) is 39.5 Å². The Balaban J connectivity index is 0.00000208. The minimum Gasteiger partial charge on any atom is -0.317 e. The lowest BCUT2D eigenvalue weighted by atomic mass is 9.97. The summed E-state index contributed by atoms with van der Waals surface area (Å²) in [5, 5.41) is 10.8. The number of nitrogens with one attached hydrogen (secondary N) is 2. The lowest BCUT2D eigenvalue weighted by molar-refractivity contribution is -0.120. The largest absolute Gasteiger partial charge is 0.317 e. The highest BCUT2D eigenvalue weighted by atomic mass is 35.5. The summed E-state index contributed by atoms with van der Waals surface area (Å²) in [6, 6.07) is 3.66. The lowest BCUT2D eigenvalue weighted by Crippen LogP contribution is -2.35. The number of hydrogen-bond acceptors (Lipinski definition) is 5. The van der Waals surface area contributed by atoms with Crippen molar-refractivity contribution in [2.24, 2.45) is 5.92 Å². The maximum Gasteiger partial charge on any atom is 0.252 e. The Morgan fingerprint density at radius 3 is 2.58 bits per heavy atom. The number of carbonyl (C=O) groups is 1. The number of rotatable bonds is 4. The van der Waals surface area contributed by atoms with Gasteiger partial charge in [-0.15, -0.1) is 12.4 Å². The summed E-state index contributed by atoms with van der Waals surface area (Å²) in [7, 11) is 0. The van der Waals surface area contributed by atoms with E-state index in [0.717, 1.165) is 31.6 Å². The molecule has 2 N–H and O–H groups in total. The number of carbonyl (C=O) groups excluding carboxylic acids is 1. The van der Waals surface area contributed by atoms with Crippen LogP contribution in [0.3, 0.4) is 0 Å². The van der Waals surface area contributed by atoms with Crippen molar-refractivity contribution in [3.8, 4) is 5.95 Å². The number of nitrogens with zero attached hydrogens (tertiary/aromatic N) is 4. The molecular formula is C16H23ClN6O. The number of hydrogen-bond donors (Lipinski definition) is 2. The summed E-state index contributed by atoms with van der Waals surface area (Å²) < 4.78 is 1.61. The molecule has 0 unspecified atom stereocenters. The van der Waals surface area contributed by atoms with Crippen LogP contribution in [0.15, 0.2) is 24.5 Å². The highest BCUT2D eigenvalue weighted by molar-refractivity contribution is 5.92. The Morgan fingerprint density at radius 2 is 1.96 bits per heavy atom. The number of amides is 1. The molecule has 0 aliphatic carbocycles. The molecular weight excluding hydrogens is 328 g/mol. The molecule has 1 aliphatic rings. The quantitative estimate of drug-likeness (QED) is 0.882. The molecule has 1 aliphatic heterocycles. The van der Waals surface area contributed by atoms with Gasteiger partial charge in [-0.2, -0.15) is 9.78 Å². The minimum absolute atomic E-state index is 0. The van der Waals surface area contributed by atoms with Gasteiger partial charge in [0.25, 0.3) is 5.95 Å². The summed E-state index contributed by atoms with van der Waals surface area (Å²) in [5.41, 5.74) is 0.901. The van der Waals surface area contributed by atoms with Crippen molar-refractivity contribution in [3.63, 3.8) is 0 Å². The van der Waals surface area contributed by atoms with Gasteiger partial charge in [0.1, 0.15) is 5.82 Å². The first-order valence-corrected chi connectivity index (χ1v) is 8.04. The molecule has 0 spiro atoms. The van der Waals surface area contributed by atoms with Crippen molar-refractivity contribution < 1.29 is 4.79 Å². The van der Waals surface area contributed by atoms with Crippen LogP contribution in [-0.4, -0.2) is 38.7 Å². The predicted molar refractivity (Wildman–Crippen MR) is 94.7 cm³/mol. The molecule has 3 heterocycles. The highest BCUT2D eigenvalue weighted by Crippen LogP contribution is 2.22. The molecule has 1 amide bonds. The monoisotopic (exact) mass is 350 g/mol. The molecule has 7 nitrogen and oxygen atoms in total. The zero-order valence-corrected chi connectivity index (χ0v) is 14.7. The Morgan fingerprint density at radius 1 is 1.29 bits per heavy atom. The SMILES string of the molecule is CC(C)c1cc(NC(=O)C2CCNCC2)n(-c2ncccn2)n1.Cl. The summed E-state index contributed by atoms with van der Waals surface area (Å²) in [5.74, 6) is 1.43. The van der Waals surface area contributed by atoms with Gasteiger partial charge < -0.3 is 10.6 Å². The normalized spacial score (nSPS) is 15.1. The first kappa shape index (κ1) is 18.4. The van der Waals surface area contributed by atoms with E-state index in [0.29, 0.717) is 11.8 Å². The van der Waals surface area contributed by atoms with Gasteiger partial charge in [0.15, 0.2) is 0 Å². The number of piperidine rings is 1. The van der Waals surface area contributed by atoms with Crippen molar-refractivity contribution in [1.82, 2.24) is 25.1 Å². The average Bonchev–Trinajstić information content (AvgIpc) is 3.00. The Bertz CT molecular complexity index is 666. The summed E-state index contributed by atoms with van der Waals surface area (Å²) in [6.07, 6.45) is 5.05. The van der Waals surface area contributed by atoms with Gasteiger partial charge in [-0.05, 0) is 37.9 Å². The predicted octanol–water partition coefficient (Wildman–Crippen LogP) is 2.15. The third kappa shape index (κ3) is 4.10. The van der Waals surface area contributed by atoms with Crippen molar-refractivity contribution in [2.45, 2.75) is 32.6 Å². The van der Waals surface area contributed by atoms with Crippen LogP contribution in [0, 0.1) is 5.92 Å². The molecule has 2 aromatic heterocycles. The minimum atomic E-state index is 0. The second-order valence-electron chi connectivity index (χ2n) is 6.08. The first-order valence-electron chi connectivity index (χ1n) is 8.04. The standard InChI is InChI=1S/C16H22N6O.ClH/c1-11(2)13-10-14(20-15(23)12-4-8-17-9-5-12)22(21-13)16-18-6-3-7-19-16;/h3,6-7,10-12,17H,4-5,8-9H2,1-2H3,(H,20,23);1H. The first-order chi connectivity index (χ1) is 11.1. The summed E-state index contributed by atoms with van der Waals surface area (Å²) in [4.78, 5) is 21.0. The zero-order valence-electron chi connectivity index (χ0n) is 13.9. The molecule has 1 saturated heterocycles. The van der Waals surface area contributed by atoms with Crippen molar-refractivity contribution >= 4 is 24.1 Å². The van der Waals surface area contributed by atoms with Crippen LogP contribution < -0.4 is 10.6 Å². The molecule has 130 valence electrons. The van der Waals surface area contributed by atoms with Crippen LogP contribution >= 0.6 is 12.4 Å². The van der Waals surface area contributed by atoms with E-state index < -0.39 is 0 Å². The van der Waals surface area contributed by atoms with E-state index in [1.807, 2.05) is 6.07 Å². The Hall–Kier alpha value is -1.99. The Labute approximate surface area is 147 Å².